The number of carbonyl (C=O) groups is 2. The summed E-state index contributed by atoms with van der Waals surface area (Å²) in [5.74, 6) is 0.557. The maximum absolute atomic E-state index is 11.9. The van der Waals surface area contributed by atoms with Gasteiger partial charge in [-0.15, -0.1) is 0 Å². The van der Waals surface area contributed by atoms with Gasteiger partial charge in [0.05, 0.1) is 6.54 Å². The molecule has 0 spiro atoms. The third-order valence-electron chi connectivity index (χ3n) is 3.19. The Bertz CT molecular complexity index is 531. The second-order valence-electron chi connectivity index (χ2n) is 4.69. The minimum atomic E-state index is -0.379. The maximum atomic E-state index is 11.9. The molecule has 1 atom stereocenters. The fourth-order valence-corrected chi connectivity index (χ4v) is 2.26. The van der Waals surface area contributed by atoms with Gasteiger partial charge in [-0.1, -0.05) is 6.92 Å². The van der Waals surface area contributed by atoms with Crippen molar-refractivity contribution in [2.24, 2.45) is 0 Å². The third kappa shape index (κ3) is 2.71. The van der Waals surface area contributed by atoms with Crippen LogP contribution in [0.2, 0.25) is 0 Å². The zero-order chi connectivity index (χ0) is 14.7. The fourth-order valence-electron chi connectivity index (χ4n) is 2.26. The van der Waals surface area contributed by atoms with Crippen LogP contribution in [0, 0.1) is 6.92 Å². The molecule has 7 heteroatoms. The van der Waals surface area contributed by atoms with Crippen LogP contribution in [0.25, 0.3) is 0 Å². The highest BCUT2D eigenvalue weighted by molar-refractivity contribution is 6.04. The third-order valence-corrected chi connectivity index (χ3v) is 3.19. The van der Waals surface area contributed by atoms with Crippen molar-refractivity contribution in [2.75, 3.05) is 23.3 Å². The van der Waals surface area contributed by atoms with E-state index >= 15 is 0 Å². The summed E-state index contributed by atoms with van der Waals surface area (Å²) in [5, 5.41) is 5.40. The second kappa shape index (κ2) is 5.85. The van der Waals surface area contributed by atoms with Crippen molar-refractivity contribution in [3.63, 3.8) is 0 Å². The van der Waals surface area contributed by atoms with Gasteiger partial charge in [0.15, 0.2) is 0 Å². The van der Waals surface area contributed by atoms with E-state index < -0.39 is 0 Å². The van der Waals surface area contributed by atoms with Crippen molar-refractivity contribution in [1.29, 1.82) is 0 Å². The van der Waals surface area contributed by atoms with Crippen LogP contribution < -0.4 is 15.5 Å². The highest BCUT2D eigenvalue weighted by Gasteiger charge is 2.34. The largest absolute Gasteiger partial charge is 0.354 e. The molecule has 0 aliphatic carbocycles. The summed E-state index contributed by atoms with van der Waals surface area (Å²) in [6.45, 7) is 6.58. The van der Waals surface area contributed by atoms with Gasteiger partial charge in [-0.25, -0.2) is 4.98 Å². The summed E-state index contributed by atoms with van der Waals surface area (Å²) < 4.78 is 0. The van der Waals surface area contributed by atoms with Crippen LogP contribution in [0.1, 0.15) is 25.8 Å². The van der Waals surface area contributed by atoms with E-state index in [1.807, 2.05) is 20.8 Å². The Morgan fingerprint density at radius 2 is 2.20 bits per heavy atom. The van der Waals surface area contributed by atoms with E-state index in [1.165, 1.54) is 0 Å². The molecule has 2 N–H and O–H groups in total. The minimum absolute atomic E-state index is 0.133. The average Bonchev–Trinajstić information content (AvgIpc) is 2.40. The molecule has 2 amide bonds. The van der Waals surface area contributed by atoms with Crippen molar-refractivity contribution >= 4 is 23.6 Å². The number of nitrogens with zero attached hydrogens (tertiary/aromatic N) is 3. The lowest BCUT2D eigenvalue weighted by atomic mass is 10.1. The smallest absolute Gasteiger partial charge is 0.249 e. The van der Waals surface area contributed by atoms with Crippen molar-refractivity contribution in [2.45, 2.75) is 33.2 Å². The predicted molar refractivity (Wildman–Crippen MR) is 75.5 cm³/mol. The molecule has 1 aliphatic heterocycles. The summed E-state index contributed by atoms with van der Waals surface area (Å²) >= 11 is 0. The number of nitrogens with one attached hydrogen (secondary N) is 2. The zero-order valence-electron chi connectivity index (χ0n) is 11.9. The molecule has 1 aromatic rings. The minimum Gasteiger partial charge on any atom is -0.354 e. The van der Waals surface area contributed by atoms with Gasteiger partial charge in [0.2, 0.25) is 17.8 Å². The van der Waals surface area contributed by atoms with Gasteiger partial charge >= 0.3 is 0 Å². The van der Waals surface area contributed by atoms with E-state index in [2.05, 4.69) is 20.6 Å². The van der Waals surface area contributed by atoms with Crippen LogP contribution in [-0.4, -0.2) is 40.9 Å². The number of rotatable bonds is 4. The quantitative estimate of drug-likeness (QED) is 0.777. The van der Waals surface area contributed by atoms with E-state index in [0.717, 1.165) is 5.56 Å². The predicted octanol–water partition coefficient (Wildman–Crippen LogP) is 0.458. The number of anilines is 2. The first-order chi connectivity index (χ1) is 9.56. The Kier molecular flexibility index (Phi) is 4.16. The van der Waals surface area contributed by atoms with Gasteiger partial charge in [0.1, 0.15) is 11.9 Å². The van der Waals surface area contributed by atoms with Crippen LogP contribution in [0.4, 0.5) is 11.8 Å². The number of hydrogen-bond donors (Lipinski definition) is 2. The van der Waals surface area contributed by atoms with Gasteiger partial charge in [0.25, 0.3) is 0 Å². The van der Waals surface area contributed by atoms with Crippen LogP contribution in [0.3, 0.4) is 0 Å². The number of amides is 2. The summed E-state index contributed by atoms with van der Waals surface area (Å²) in [7, 11) is 0. The lowest BCUT2D eigenvalue weighted by Gasteiger charge is -2.35. The monoisotopic (exact) mass is 277 g/mol. The average molecular weight is 277 g/mol. The Hall–Kier alpha value is -2.18. The molecular formula is C13H19N5O2. The molecule has 2 rings (SSSR count). The van der Waals surface area contributed by atoms with Crippen molar-refractivity contribution in [1.82, 2.24) is 15.3 Å². The first kappa shape index (κ1) is 14.2. The Morgan fingerprint density at radius 3 is 2.85 bits per heavy atom. The molecule has 1 fully saturated rings. The summed E-state index contributed by atoms with van der Waals surface area (Å²) in [4.78, 5) is 33.9. The number of carbonyl (C=O) groups excluding carboxylic acids is 2. The molecule has 0 radical (unpaired) electrons. The van der Waals surface area contributed by atoms with Gasteiger partial charge in [-0.3, -0.25) is 14.9 Å². The molecule has 1 aliphatic rings. The zero-order valence-corrected chi connectivity index (χ0v) is 11.9. The molecule has 2 heterocycles. The summed E-state index contributed by atoms with van der Waals surface area (Å²) in [5.41, 5.74) is 0.840. The molecule has 108 valence electrons. The SMILES string of the molecule is CCNc1ncc(C)c(N2CC(=O)NC(=O)C2CC)n1. The van der Waals surface area contributed by atoms with Crippen LogP contribution in [0.5, 0.6) is 0 Å². The molecule has 0 saturated carbocycles. The molecule has 0 bridgehead atoms. The molecule has 1 saturated heterocycles. The Labute approximate surface area is 117 Å². The normalized spacial score (nSPS) is 18.9. The maximum Gasteiger partial charge on any atom is 0.249 e. The number of aromatic nitrogens is 2. The molecule has 0 aromatic carbocycles. The van der Waals surface area contributed by atoms with Gasteiger partial charge < -0.3 is 10.2 Å². The van der Waals surface area contributed by atoms with Crippen LogP contribution in [0.15, 0.2) is 6.20 Å². The number of piperazine rings is 1. The summed E-state index contributed by atoms with van der Waals surface area (Å²) in [6.07, 6.45) is 2.31. The standard InChI is InChI=1S/C13H19N5O2/c1-4-9-12(20)16-10(19)7-18(9)11-8(3)6-15-13(17-11)14-5-2/h6,9H,4-5,7H2,1-3H3,(H,14,15,17)(H,16,19,20). The van der Waals surface area contributed by atoms with E-state index in [1.54, 1.807) is 11.1 Å². The topological polar surface area (TPSA) is 87.2 Å². The second-order valence-corrected chi connectivity index (χ2v) is 4.69. The van der Waals surface area contributed by atoms with E-state index in [4.69, 9.17) is 0 Å². The van der Waals surface area contributed by atoms with Crippen LogP contribution >= 0.6 is 0 Å². The highest BCUT2D eigenvalue weighted by atomic mass is 16.2. The fraction of sp³-hybridized carbons (Fsp3) is 0.538. The van der Waals surface area contributed by atoms with Gasteiger partial charge in [-0.2, -0.15) is 4.98 Å². The van der Waals surface area contributed by atoms with Crippen LogP contribution in [-0.2, 0) is 9.59 Å². The molecule has 1 aromatic heterocycles. The van der Waals surface area contributed by atoms with E-state index in [-0.39, 0.29) is 24.4 Å². The first-order valence-corrected chi connectivity index (χ1v) is 6.74. The summed E-state index contributed by atoms with van der Waals surface area (Å²) in [6, 6.07) is -0.379. The molecule has 20 heavy (non-hydrogen) atoms. The molecular weight excluding hydrogens is 258 g/mol. The number of aryl methyl sites for hydroxylation is 1. The Balaban J connectivity index is 2.38. The highest BCUT2D eigenvalue weighted by Crippen LogP contribution is 2.23. The lowest BCUT2D eigenvalue weighted by Crippen LogP contribution is -2.58. The molecule has 7 nitrogen and oxygen atoms in total. The molecule has 1 unspecified atom stereocenters. The van der Waals surface area contributed by atoms with Gasteiger partial charge in [-0.05, 0) is 20.3 Å². The number of imide groups is 1. The first-order valence-electron chi connectivity index (χ1n) is 6.74. The van der Waals surface area contributed by atoms with Gasteiger partial charge in [0, 0.05) is 18.3 Å². The van der Waals surface area contributed by atoms with E-state index in [0.29, 0.717) is 24.7 Å². The van der Waals surface area contributed by atoms with E-state index in [9.17, 15) is 9.59 Å². The van der Waals surface area contributed by atoms with Crippen molar-refractivity contribution < 1.29 is 9.59 Å². The number of hydrogen-bond acceptors (Lipinski definition) is 6. The van der Waals surface area contributed by atoms with Crippen molar-refractivity contribution in [3.8, 4) is 0 Å². The lowest BCUT2D eigenvalue weighted by molar-refractivity contribution is -0.132. The Morgan fingerprint density at radius 1 is 1.45 bits per heavy atom. The van der Waals surface area contributed by atoms with Crippen molar-refractivity contribution in [3.05, 3.63) is 11.8 Å².